The fourth-order valence-electron chi connectivity index (χ4n) is 1.92. The zero-order chi connectivity index (χ0) is 16.7. The molecule has 0 spiro atoms. The first-order chi connectivity index (χ1) is 10.1. The summed E-state index contributed by atoms with van der Waals surface area (Å²) in [7, 11) is -8.25. The van der Waals surface area contributed by atoms with Crippen molar-refractivity contribution in [3.63, 3.8) is 0 Å². The molecule has 0 aliphatic carbocycles. The quantitative estimate of drug-likeness (QED) is 0.565. The SMILES string of the molecule is C/N=N\c1c(O)ccc2c(S(=O)(=O)O)cc(S(=O)(=O)O)cc12. The predicted molar refractivity (Wildman–Crippen MR) is 75.7 cm³/mol. The van der Waals surface area contributed by atoms with Gasteiger partial charge in [0.15, 0.2) is 0 Å². The van der Waals surface area contributed by atoms with Gasteiger partial charge < -0.3 is 5.11 Å². The molecule has 2 aromatic rings. The van der Waals surface area contributed by atoms with E-state index in [4.69, 9.17) is 4.55 Å². The molecule has 0 heterocycles. The lowest BCUT2D eigenvalue weighted by atomic mass is 10.1. The summed E-state index contributed by atoms with van der Waals surface area (Å²) in [4.78, 5) is -1.52. The summed E-state index contributed by atoms with van der Waals surface area (Å²) in [5, 5.41) is 16.6. The van der Waals surface area contributed by atoms with Crippen LogP contribution in [-0.2, 0) is 20.2 Å². The van der Waals surface area contributed by atoms with Gasteiger partial charge in [0.2, 0.25) is 0 Å². The van der Waals surface area contributed by atoms with Crippen molar-refractivity contribution in [2.45, 2.75) is 9.79 Å². The molecule has 11 heteroatoms. The Labute approximate surface area is 125 Å². The van der Waals surface area contributed by atoms with Gasteiger partial charge in [-0.25, -0.2) is 0 Å². The summed E-state index contributed by atoms with van der Waals surface area (Å²) in [6, 6.07) is 3.81. The van der Waals surface area contributed by atoms with Gasteiger partial charge in [0, 0.05) is 17.8 Å². The molecule has 0 radical (unpaired) electrons. The van der Waals surface area contributed by atoms with E-state index in [-0.39, 0.29) is 22.2 Å². The van der Waals surface area contributed by atoms with Crippen molar-refractivity contribution in [1.29, 1.82) is 0 Å². The van der Waals surface area contributed by atoms with Crippen LogP contribution in [0.4, 0.5) is 5.69 Å². The molecule has 0 amide bonds. The summed E-state index contributed by atoms with van der Waals surface area (Å²) in [5.74, 6) is -0.383. The van der Waals surface area contributed by atoms with Crippen LogP contribution >= 0.6 is 0 Å². The fourth-order valence-corrected chi connectivity index (χ4v) is 3.26. The Morgan fingerprint density at radius 2 is 1.59 bits per heavy atom. The summed E-state index contributed by atoms with van der Waals surface area (Å²) < 4.78 is 63.8. The maximum Gasteiger partial charge on any atom is 0.295 e. The molecule has 0 aromatic heterocycles. The molecular formula is C11H10N2O7S2. The van der Waals surface area contributed by atoms with E-state index < -0.39 is 30.0 Å². The Morgan fingerprint density at radius 3 is 2.09 bits per heavy atom. The first-order valence-electron chi connectivity index (χ1n) is 5.60. The van der Waals surface area contributed by atoms with Gasteiger partial charge in [0.05, 0.1) is 4.90 Å². The molecule has 22 heavy (non-hydrogen) atoms. The molecule has 118 valence electrons. The van der Waals surface area contributed by atoms with Crippen molar-refractivity contribution >= 4 is 36.7 Å². The Kier molecular flexibility index (Phi) is 3.91. The molecule has 0 fully saturated rings. The minimum atomic E-state index is -4.79. The second kappa shape index (κ2) is 5.28. The molecule has 0 saturated carbocycles. The van der Waals surface area contributed by atoms with Gasteiger partial charge in [-0.2, -0.15) is 27.1 Å². The first kappa shape index (κ1) is 16.3. The van der Waals surface area contributed by atoms with Crippen LogP contribution in [0.15, 0.2) is 44.3 Å². The van der Waals surface area contributed by atoms with Crippen molar-refractivity contribution in [3.8, 4) is 5.75 Å². The molecular weight excluding hydrogens is 336 g/mol. The second-order valence-corrected chi connectivity index (χ2v) is 7.01. The van der Waals surface area contributed by atoms with Crippen molar-refractivity contribution in [2.75, 3.05) is 7.05 Å². The number of rotatable bonds is 3. The van der Waals surface area contributed by atoms with Gasteiger partial charge in [-0.3, -0.25) is 9.11 Å². The minimum absolute atomic E-state index is 0.0879. The maximum atomic E-state index is 11.4. The van der Waals surface area contributed by atoms with Crippen molar-refractivity contribution in [1.82, 2.24) is 0 Å². The lowest BCUT2D eigenvalue weighted by molar-refractivity contribution is 0.475. The number of hydrogen-bond acceptors (Lipinski definition) is 7. The molecule has 0 aliphatic rings. The topological polar surface area (TPSA) is 154 Å². The molecule has 0 unspecified atom stereocenters. The molecule has 3 N–H and O–H groups in total. The van der Waals surface area contributed by atoms with Crippen LogP contribution in [-0.4, -0.2) is 38.1 Å². The average molecular weight is 346 g/mol. The highest BCUT2D eigenvalue weighted by atomic mass is 32.2. The van der Waals surface area contributed by atoms with Crippen LogP contribution in [0.5, 0.6) is 5.75 Å². The van der Waals surface area contributed by atoms with E-state index in [0.717, 1.165) is 18.2 Å². The third-order valence-electron chi connectivity index (χ3n) is 2.80. The van der Waals surface area contributed by atoms with Gasteiger partial charge >= 0.3 is 0 Å². The van der Waals surface area contributed by atoms with Crippen LogP contribution in [0.3, 0.4) is 0 Å². The van der Waals surface area contributed by atoms with Crippen LogP contribution in [0.25, 0.3) is 10.8 Å². The number of nitrogens with zero attached hydrogens (tertiary/aromatic N) is 2. The van der Waals surface area contributed by atoms with Gasteiger partial charge in [-0.15, -0.1) is 0 Å². The van der Waals surface area contributed by atoms with Gasteiger partial charge in [-0.05, 0) is 24.3 Å². The number of phenolic OH excluding ortho intramolecular Hbond substituents is 1. The lowest BCUT2D eigenvalue weighted by Gasteiger charge is -2.09. The molecule has 0 saturated heterocycles. The van der Waals surface area contributed by atoms with E-state index in [9.17, 15) is 26.5 Å². The Balaban J connectivity index is 3.12. The summed E-state index contributed by atoms with van der Waals surface area (Å²) in [5.41, 5.74) is -0.199. The van der Waals surface area contributed by atoms with E-state index in [1.54, 1.807) is 0 Å². The number of phenols is 1. The summed E-state index contributed by atoms with van der Waals surface area (Å²) in [6.07, 6.45) is 0. The molecule has 2 aromatic carbocycles. The van der Waals surface area contributed by atoms with Gasteiger partial charge in [0.25, 0.3) is 20.2 Å². The third kappa shape index (κ3) is 2.92. The normalized spacial score (nSPS) is 13.0. The van der Waals surface area contributed by atoms with Crippen LogP contribution < -0.4 is 0 Å². The lowest BCUT2D eigenvalue weighted by Crippen LogP contribution is -2.04. The highest BCUT2D eigenvalue weighted by Crippen LogP contribution is 2.39. The largest absolute Gasteiger partial charge is 0.506 e. The zero-order valence-electron chi connectivity index (χ0n) is 11.0. The number of fused-ring (bicyclic) bond motifs is 1. The average Bonchev–Trinajstić information content (AvgIpc) is 2.38. The maximum absolute atomic E-state index is 11.4. The fraction of sp³-hybridized carbons (Fsp3) is 0.0909. The van der Waals surface area contributed by atoms with E-state index >= 15 is 0 Å². The predicted octanol–water partition coefficient (Wildman–Crippen LogP) is 1.75. The Morgan fingerprint density at radius 1 is 0.955 bits per heavy atom. The monoisotopic (exact) mass is 346 g/mol. The number of hydrogen-bond donors (Lipinski definition) is 3. The van der Waals surface area contributed by atoms with Crippen LogP contribution in [0.1, 0.15) is 0 Å². The van der Waals surface area contributed by atoms with E-state index in [0.29, 0.717) is 6.07 Å². The standard InChI is InChI=1S/C11H10N2O7S2/c1-12-13-11-8-4-6(21(15,16)17)5-10(22(18,19)20)7(8)2-3-9(11)14/h2-5,14H,1H3,(H,15,16,17)(H,18,19,20)/b13-12-. The second-order valence-electron chi connectivity index (χ2n) is 4.20. The number of azo groups is 1. The Bertz CT molecular complexity index is 995. The van der Waals surface area contributed by atoms with Crippen molar-refractivity contribution in [3.05, 3.63) is 24.3 Å². The van der Waals surface area contributed by atoms with Crippen molar-refractivity contribution < 1.29 is 31.0 Å². The van der Waals surface area contributed by atoms with E-state index in [1.807, 2.05) is 0 Å². The van der Waals surface area contributed by atoms with Gasteiger partial charge in [0.1, 0.15) is 16.3 Å². The number of aromatic hydroxyl groups is 1. The van der Waals surface area contributed by atoms with E-state index in [2.05, 4.69) is 10.2 Å². The summed E-state index contributed by atoms with van der Waals surface area (Å²) in [6.45, 7) is 0. The third-order valence-corrected chi connectivity index (χ3v) is 4.52. The molecule has 0 atom stereocenters. The molecule has 2 rings (SSSR count). The number of benzene rings is 2. The first-order valence-corrected chi connectivity index (χ1v) is 8.48. The van der Waals surface area contributed by atoms with Crippen LogP contribution in [0, 0.1) is 0 Å². The molecule has 9 nitrogen and oxygen atoms in total. The smallest absolute Gasteiger partial charge is 0.295 e. The molecule has 0 aliphatic heterocycles. The van der Waals surface area contributed by atoms with Crippen LogP contribution in [0.2, 0.25) is 0 Å². The minimum Gasteiger partial charge on any atom is -0.506 e. The summed E-state index contributed by atoms with van der Waals surface area (Å²) >= 11 is 0. The van der Waals surface area contributed by atoms with Gasteiger partial charge in [-0.1, -0.05) is 0 Å². The van der Waals surface area contributed by atoms with Crippen molar-refractivity contribution in [2.24, 2.45) is 10.2 Å². The highest BCUT2D eigenvalue weighted by molar-refractivity contribution is 7.86. The zero-order valence-corrected chi connectivity index (χ0v) is 12.6. The molecule has 0 bridgehead atoms. The Hall–Kier alpha value is -2.08. The highest BCUT2D eigenvalue weighted by Gasteiger charge is 2.22. The van der Waals surface area contributed by atoms with E-state index in [1.165, 1.54) is 7.05 Å².